The molecule has 0 radical (unpaired) electrons. The molecule has 0 amide bonds. The van der Waals surface area contributed by atoms with Gasteiger partial charge in [-0.3, -0.25) is 4.99 Å². The second-order valence-electron chi connectivity index (χ2n) is 5.82. The van der Waals surface area contributed by atoms with Crippen molar-refractivity contribution >= 4 is 23.3 Å². The van der Waals surface area contributed by atoms with Crippen LogP contribution in [-0.4, -0.2) is 11.2 Å². The second-order valence-corrected chi connectivity index (χ2v) is 5.82. The lowest BCUT2D eigenvalue weighted by Crippen LogP contribution is -1.96. The lowest BCUT2D eigenvalue weighted by molar-refractivity contribution is 1.22. The van der Waals surface area contributed by atoms with Gasteiger partial charge in [-0.25, -0.2) is 4.98 Å². The maximum atomic E-state index is 5.94. The molecule has 0 aliphatic rings. The number of nitrogens with zero attached hydrogens (tertiary/aromatic N) is 2. The Labute approximate surface area is 147 Å². The first kappa shape index (κ1) is 16.5. The van der Waals surface area contributed by atoms with Crippen molar-refractivity contribution in [2.75, 3.05) is 11.5 Å². The van der Waals surface area contributed by atoms with Crippen LogP contribution in [0.4, 0.5) is 11.4 Å². The SMILES string of the molecule is C=C(N=Cc1cc(N)ccc1N)c1ccc(C)c(-c2ccccc2)n1. The zero-order chi connectivity index (χ0) is 17.8. The summed E-state index contributed by atoms with van der Waals surface area (Å²) in [6.07, 6.45) is 1.66. The van der Waals surface area contributed by atoms with Crippen molar-refractivity contribution < 1.29 is 0 Å². The Hall–Kier alpha value is -3.40. The predicted octanol–water partition coefficient (Wildman–Crippen LogP) is 4.31. The average Bonchev–Trinajstić information content (AvgIpc) is 2.63. The topological polar surface area (TPSA) is 77.3 Å². The molecule has 3 rings (SSSR count). The number of hydrogen-bond donors (Lipinski definition) is 2. The van der Waals surface area contributed by atoms with E-state index in [1.807, 2.05) is 49.4 Å². The molecule has 0 saturated carbocycles. The molecule has 0 bridgehead atoms. The zero-order valence-corrected chi connectivity index (χ0v) is 14.1. The summed E-state index contributed by atoms with van der Waals surface area (Å²) in [4.78, 5) is 9.14. The first-order valence-electron chi connectivity index (χ1n) is 7.96. The summed E-state index contributed by atoms with van der Waals surface area (Å²) in [6.45, 7) is 6.06. The van der Waals surface area contributed by atoms with E-state index in [-0.39, 0.29) is 0 Å². The van der Waals surface area contributed by atoms with Gasteiger partial charge in [0.25, 0.3) is 0 Å². The number of rotatable bonds is 4. The van der Waals surface area contributed by atoms with E-state index in [0.717, 1.165) is 28.1 Å². The highest BCUT2D eigenvalue weighted by Crippen LogP contribution is 2.24. The molecular weight excluding hydrogens is 308 g/mol. The monoisotopic (exact) mass is 328 g/mol. The predicted molar refractivity (Wildman–Crippen MR) is 106 cm³/mol. The number of hydrogen-bond acceptors (Lipinski definition) is 4. The Morgan fingerprint density at radius 1 is 1.04 bits per heavy atom. The van der Waals surface area contributed by atoms with Crippen LogP contribution in [-0.2, 0) is 0 Å². The number of aryl methyl sites for hydroxylation is 1. The molecule has 0 atom stereocenters. The lowest BCUT2D eigenvalue weighted by atomic mass is 10.1. The molecule has 1 aromatic heterocycles. The van der Waals surface area contributed by atoms with Crippen molar-refractivity contribution in [3.8, 4) is 11.3 Å². The van der Waals surface area contributed by atoms with E-state index in [1.54, 1.807) is 24.4 Å². The van der Waals surface area contributed by atoms with E-state index in [0.29, 0.717) is 17.1 Å². The van der Waals surface area contributed by atoms with Gasteiger partial charge in [-0.15, -0.1) is 0 Å². The zero-order valence-electron chi connectivity index (χ0n) is 14.1. The molecule has 0 aliphatic heterocycles. The number of anilines is 2. The molecule has 0 fully saturated rings. The third kappa shape index (κ3) is 3.75. The van der Waals surface area contributed by atoms with E-state index >= 15 is 0 Å². The molecule has 0 saturated heterocycles. The number of pyridine rings is 1. The molecule has 3 aromatic rings. The minimum absolute atomic E-state index is 0.569. The van der Waals surface area contributed by atoms with Crippen LogP contribution in [0.3, 0.4) is 0 Å². The number of aliphatic imine (C=N–C) groups is 1. The summed E-state index contributed by atoms with van der Waals surface area (Å²) in [6, 6.07) is 19.3. The van der Waals surface area contributed by atoms with Crippen LogP contribution in [0.15, 0.2) is 72.2 Å². The Bertz CT molecular complexity index is 943. The van der Waals surface area contributed by atoms with Crippen LogP contribution in [0.2, 0.25) is 0 Å². The van der Waals surface area contributed by atoms with Crippen LogP contribution < -0.4 is 11.5 Å². The van der Waals surface area contributed by atoms with Crippen molar-refractivity contribution in [3.63, 3.8) is 0 Å². The van der Waals surface area contributed by atoms with Gasteiger partial charge in [-0.2, -0.15) is 0 Å². The Kier molecular flexibility index (Phi) is 4.61. The van der Waals surface area contributed by atoms with Gasteiger partial charge in [0.15, 0.2) is 0 Å². The smallest absolute Gasteiger partial charge is 0.0887 e. The maximum Gasteiger partial charge on any atom is 0.0887 e. The summed E-state index contributed by atoms with van der Waals surface area (Å²) in [5.41, 5.74) is 18.1. The molecule has 1 heterocycles. The molecule has 0 spiro atoms. The molecule has 0 aliphatic carbocycles. The van der Waals surface area contributed by atoms with Crippen LogP contribution in [0.5, 0.6) is 0 Å². The summed E-state index contributed by atoms with van der Waals surface area (Å²) < 4.78 is 0. The molecular formula is C21H20N4. The van der Waals surface area contributed by atoms with E-state index in [9.17, 15) is 0 Å². The molecule has 4 N–H and O–H groups in total. The van der Waals surface area contributed by atoms with Crippen LogP contribution in [0.25, 0.3) is 17.0 Å². The fourth-order valence-corrected chi connectivity index (χ4v) is 2.50. The van der Waals surface area contributed by atoms with Crippen molar-refractivity contribution in [1.29, 1.82) is 0 Å². The second kappa shape index (κ2) is 7.01. The van der Waals surface area contributed by atoms with Crippen LogP contribution >= 0.6 is 0 Å². The van der Waals surface area contributed by atoms with E-state index in [4.69, 9.17) is 16.5 Å². The Morgan fingerprint density at radius 3 is 2.56 bits per heavy atom. The maximum absolute atomic E-state index is 5.94. The highest BCUT2D eigenvalue weighted by atomic mass is 14.8. The normalized spacial score (nSPS) is 10.9. The van der Waals surface area contributed by atoms with Gasteiger partial charge in [-0.1, -0.05) is 43.0 Å². The molecule has 2 aromatic carbocycles. The third-order valence-corrected chi connectivity index (χ3v) is 3.91. The summed E-state index contributed by atoms with van der Waals surface area (Å²) in [7, 11) is 0. The van der Waals surface area contributed by atoms with Crippen molar-refractivity contribution in [3.05, 3.63) is 84.1 Å². The minimum atomic E-state index is 0.569. The first-order valence-corrected chi connectivity index (χ1v) is 7.96. The summed E-state index contributed by atoms with van der Waals surface area (Å²) >= 11 is 0. The van der Waals surface area contributed by atoms with Gasteiger partial charge in [0.1, 0.15) is 0 Å². The summed E-state index contributed by atoms with van der Waals surface area (Å²) in [5.74, 6) is 0. The summed E-state index contributed by atoms with van der Waals surface area (Å²) in [5, 5.41) is 0. The van der Waals surface area contributed by atoms with Gasteiger partial charge >= 0.3 is 0 Å². The fraction of sp³-hybridized carbons (Fsp3) is 0.0476. The number of nitrogens with two attached hydrogens (primary N) is 2. The van der Waals surface area contributed by atoms with Crippen LogP contribution in [0.1, 0.15) is 16.8 Å². The van der Waals surface area contributed by atoms with Crippen molar-refractivity contribution in [1.82, 2.24) is 4.98 Å². The molecule has 4 nitrogen and oxygen atoms in total. The lowest BCUT2D eigenvalue weighted by Gasteiger charge is -2.08. The van der Waals surface area contributed by atoms with E-state index in [1.165, 1.54) is 0 Å². The standard InChI is InChI=1S/C21H20N4/c1-14-8-11-20(25-21(14)16-6-4-3-5-7-16)15(2)24-13-17-12-18(22)9-10-19(17)23/h3-13H,2,22-23H2,1H3. The van der Waals surface area contributed by atoms with Crippen LogP contribution in [0, 0.1) is 6.92 Å². The number of aromatic nitrogens is 1. The third-order valence-electron chi connectivity index (χ3n) is 3.91. The van der Waals surface area contributed by atoms with Gasteiger partial charge in [-0.05, 0) is 36.8 Å². The van der Waals surface area contributed by atoms with Gasteiger partial charge in [0.2, 0.25) is 0 Å². The minimum Gasteiger partial charge on any atom is -0.399 e. The van der Waals surface area contributed by atoms with Crippen molar-refractivity contribution in [2.45, 2.75) is 6.92 Å². The molecule has 25 heavy (non-hydrogen) atoms. The number of benzene rings is 2. The van der Waals surface area contributed by atoms with E-state index in [2.05, 4.69) is 11.6 Å². The Morgan fingerprint density at radius 2 is 1.80 bits per heavy atom. The van der Waals surface area contributed by atoms with Gasteiger partial charge in [0.05, 0.1) is 17.1 Å². The largest absolute Gasteiger partial charge is 0.399 e. The molecule has 0 unspecified atom stereocenters. The van der Waals surface area contributed by atoms with E-state index < -0.39 is 0 Å². The highest BCUT2D eigenvalue weighted by molar-refractivity contribution is 5.91. The Balaban J connectivity index is 1.90. The quantitative estimate of drug-likeness (QED) is 0.553. The fourth-order valence-electron chi connectivity index (χ4n) is 2.50. The van der Waals surface area contributed by atoms with Crippen molar-refractivity contribution in [2.24, 2.45) is 4.99 Å². The molecule has 4 heteroatoms. The number of nitrogen functional groups attached to an aromatic ring is 2. The first-order chi connectivity index (χ1) is 12.0. The van der Waals surface area contributed by atoms with Gasteiger partial charge < -0.3 is 11.5 Å². The van der Waals surface area contributed by atoms with Gasteiger partial charge in [0, 0.05) is 28.7 Å². The highest BCUT2D eigenvalue weighted by Gasteiger charge is 2.07. The molecule has 124 valence electrons. The average molecular weight is 328 g/mol.